The summed E-state index contributed by atoms with van der Waals surface area (Å²) < 4.78 is 36.6. The molecule has 0 saturated carbocycles. The fourth-order valence-corrected chi connectivity index (χ4v) is 2.82. The third-order valence-electron chi connectivity index (χ3n) is 3.33. The molecule has 2 rings (SSSR count). The third kappa shape index (κ3) is 4.30. The second-order valence-corrected chi connectivity index (χ2v) is 7.61. The molecule has 0 heterocycles. The number of halogens is 2. The quantitative estimate of drug-likeness (QED) is 0.914. The van der Waals surface area contributed by atoms with Crippen LogP contribution in [0, 0.1) is 5.82 Å². The zero-order chi connectivity index (χ0) is 17.2. The van der Waals surface area contributed by atoms with Gasteiger partial charge < -0.3 is 5.32 Å². The molecule has 1 N–H and O–H groups in total. The maximum atomic E-state index is 13.7. The number of rotatable bonds is 4. The van der Waals surface area contributed by atoms with E-state index >= 15 is 0 Å². The molecule has 2 aromatic carbocycles. The highest BCUT2D eigenvalue weighted by atomic mass is 35.5. The van der Waals surface area contributed by atoms with Crippen LogP contribution in [-0.2, 0) is 9.84 Å². The minimum atomic E-state index is -3.27. The van der Waals surface area contributed by atoms with Gasteiger partial charge in [0.2, 0.25) is 0 Å². The first-order valence-electron chi connectivity index (χ1n) is 6.74. The summed E-state index contributed by atoms with van der Waals surface area (Å²) in [6, 6.07) is 9.57. The van der Waals surface area contributed by atoms with Crippen LogP contribution in [0.1, 0.15) is 28.9 Å². The summed E-state index contributed by atoms with van der Waals surface area (Å²) in [7, 11) is -3.27. The summed E-state index contributed by atoms with van der Waals surface area (Å²) in [5.74, 6) is -1.27. The molecule has 4 nitrogen and oxygen atoms in total. The van der Waals surface area contributed by atoms with Gasteiger partial charge >= 0.3 is 0 Å². The Balaban J connectivity index is 2.15. The monoisotopic (exact) mass is 355 g/mol. The van der Waals surface area contributed by atoms with Crippen LogP contribution in [0.5, 0.6) is 0 Å². The minimum absolute atomic E-state index is 0.103. The maximum Gasteiger partial charge on any atom is 0.254 e. The van der Waals surface area contributed by atoms with Crippen LogP contribution in [0.2, 0.25) is 5.02 Å². The Morgan fingerprint density at radius 1 is 1.17 bits per heavy atom. The Hall–Kier alpha value is -1.92. The first-order chi connectivity index (χ1) is 10.7. The van der Waals surface area contributed by atoms with E-state index < -0.39 is 27.6 Å². The van der Waals surface area contributed by atoms with Gasteiger partial charge in [-0.05, 0) is 42.8 Å². The molecule has 7 heteroatoms. The number of amides is 1. The van der Waals surface area contributed by atoms with E-state index in [1.165, 1.54) is 24.3 Å². The number of hydrogen-bond donors (Lipinski definition) is 1. The highest BCUT2D eigenvalue weighted by Crippen LogP contribution is 2.18. The molecule has 0 aliphatic heterocycles. The average molecular weight is 356 g/mol. The smallest absolute Gasteiger partial charge is 0.254 e. The molecule has 1 amide bonds. The first-order valence-corrected chi connectivity index (χ1v) is 9.01. The Kier molecular flexibility index (Phi) is 5.06. The van der Waals surface area contributed by atoms with Crippen molar-refractivity contribution in [2.24, 2.45) is 0 Å². The van der Waals surface area contributed by atoms with E-state index in [4.69, 9.17) is 11.6 Å². The van der Waals surface area contributed by atoms with E-state index in [1.54, 1.807) is 19.1 Å². The zero-order valence-electron chi connectivity index (χ0n) is 12.5. The second-order valence-electron chi connectivity index (χ2n) is 5.16. The van der Waals surface area contributed by atoms with Gasteiger partial charge in [-0.15, -0.1) is 0 Å². The Labute approximate surface area is 139 Å². The fraction of sp³-hybridized carbons (Fsp3) is 0.188. The number of carbonyl (C=O) groups excluding carboxylic acids is 1. The van der Waals surface area contributed by atoms with Crippen LogP contribution in [0.3, 0.4) is 0 Å². The van der Waals surface area contributed by atoms with Gasteiger partial charge in [-0.2, -0.15) is 0 Å². The molecule has 0 fully saturated rings. The summed E-state index contributed by atoms with van der Waals surface area (Å²) in [6.45, 7) is 1.72. The summed E-state index contributed by atoms with van der Waals surface area (Å²) >= 11 is 5.65. The molecule has 0 spiro atoms. The lowest BCUT2D eigenvalue weighted by atomic mass is 10.1. The van der Waals surface area contributed by atoms with Crippen molar-refractivity contribution < 1.29 is 17.6 Å². The van der Waals surface area contributed by atoms with Gasteiger partial charge in [-0.25, -0.2) is 12.8 Å². The van der Waals surface area contributed by atoms with E-state index in [0.29, 0.717) is 5.56 Å². The fourth-order valence-electron chi connectivity index (χ4n) is 2.04. The van der Waals surface area contributed by atoms with Gasteiger partial charge in [-0.3, -0.25) is 4.79 Å². The van der Waals surface area contributed by atoms with Gasteiger partial charge in [0.25, 0.3) is 5.91 Å². The van der Waals surface area contributed by atoms with Crippen LogP contribution in [0.4, 0.5) is 4.39 Å². The van der Waals surface area contributed by atoms with E-state index in [2.05, 4.69) is 5.32 Å². The maximum absolute atomic E-state index is 13.7. The summed E-state index contributed by atoms with van der Waals surface area (Å²) in [6.07, 6.45) is 1.12. The van der Waals surface area contributed by atoms with Gasteiger partial charge in [0.15, 0.2) is 9.84 Å². The summed E-state index contributed by atoms with van der Waals surface area (Å²) in [5.41, 5.74) is 0.606. The van der Waals surface area contributed by atoms with Crippen LogP contribution in [0.25, 0.3) is 0 Å². The van der Waals surface area contributed by atoms with Crippen molar-refractivity contribution in [1.29, 1.82) is 0 Å². The first kappa shape index (κ1) is 17.4. The molecule has 0 aliphatic rings. The predicted molar refractivity (Wildman–Crippen MR) is 86.8 cm³/mol. The van der Waals surface area contributed by atoms with Gasteiger partial charge in [0.05, 0.1) is 16.5 Å². The van der Waals surface area contributed by atoms with Gasteiger partial charge in [0.1, 0.15) is 5.82 Å². The van der Waals surface area contributed by atoms with Crippen molar-refractivity contribution in [2.45, 2.75) is 17.9 Å². The predicted octanol–water partition coefficient (Wildman–Crippen LogP) is 3.37. The molecule has 0 aliphatic carbocycles. The second kappa shape index (κ2) is 6.68. The molecule has 0 saturated heterocycles. The van der Waals surface area contributed by atoms with Crippen molar-refractivity contribution in [3.8, 4) is 0 Å². The third-order valence-corrected chi connectivity index (χ3v) is 4.70. The number of sulfone groups is 1. The largest absolute Gasteiger partial charge is 0.345 e. The van der Waals surface area contributed by atoms with Crippen molar-refractivity contribution in [1.82, 2.24) is 5.32 Å². The van der Waals surface area contributed by atoms with E-state index in [9.17, 15) is 17.6 Å². The van der Waals surface area contributed by atoms with Crippen LogP contribution < -0.4 is 5.32 Å². The molecular weight excluding hydrogens is 341 g/mol. The van der Waals surface area contributed by atoms with Crippen molar-refractivity contribution in [3.05, 3.63) is 64.4 Å². The molecule has 1 atom stereocenters. The van der Waals surface area contributed by atoms with Crippen LogP contribution in [0.15, 0.2) is 47.4 Å². The average Bonchev–Trinajstić information content (AvgIpc) is 2.46. The SMILES string of the molecule is C[C@@H](NC(=O)c1ccc(Cl)cc1F)c1ccc(S(C)(=O)=O)cc1. The van der Waals surface area contributed by atoms with E-state index in [0.717, 1.165) is 12.3 Å². The summed E-state index contributed by atoms with van der Waals surface area (Å²) in [5, 5.41) is 2.87. The van der Waals surface area contributed by atoms with Crippen molar-refractivity contribution >= 4 is 27.3 Å². The number of carbonyl (C=O) groups is 1. The van der Waals surface area contributed by atoms with Gasteiger partial charge in [0, 0.05) is 11.3 Å². The number of benzene rings is 2. The van der Waals surface area contributed by atoms with Gasteiger partial charge in [-0.1, -0.05) is 23.7 Å². The molecule has 0 unspecified atom stereocenters. The molecule has 23 heavy (non-hydrogen) atoms. The Morgan fingerprint density at radius 2 is 1.78 bits per heavy atom. The Morgan fingerprint density at radius 3 is 2.30 bits per heavy atom. The Bertz CT molecular complexity index is 835. The molecule has 0 aromatic heterocycles. The van der Waals surface area contributed by atoms with E-state index in [1.807, 2.05) is 0 Å². The standard InChI is InChI=1S/C16H15ClFNO3S/c1-10(11-3-6-13(7-4-11)23(2,21)22)19-16(20)14-8-5-12(17)9-15(14)18/h3-10H,1-2H3,(H,19,20)/t10-/m1/s1. The molecule has 122 valence electrons. The topological polar surface area (TPSA) is 63.2 Å². The van der Waals surface area contributed by atoms with E-state index in [-0.39, 0.29) is 15.5 Å². The van der Waals surface area contributed by atoms with Crippen LogP contribution in [-0.4, -0.2) is 20.6 Å². The lowest BCUT2D eigenvalue weighted by molar-refractivity contribution is 0.0936. The lowest BCUT2D eigenvalue weighted by Crippen LogP contribution is -2.27. The normalized spacial score (nSPS) is 12.7. The molecule has 0 bridgehead atoms. The minimum Gasteiger partial charge on any atom is -0.345 e. The zero-order valence-corrected chi connectivity index (χ0v) is 14.1. The van der Waals surface area contributed by atoms with Crippen molar-refractivity contribution in [2.75, 3.05) is 6.26 Å². The molecule has 2 aromatic rings. The highest BCUT2D eigenvalue weighted by molar-refractivity contribution is 7.90. The summed E-state index contributed by atoms with van der Waals surface area (Å²) in [4.78, 5) is 12.3. The number of nitrogens with one attached hydrogen (secondary N) is 1. The molecule has 0 radical (unpaired) electrons. The highest BCUT2D eigenvalue weighted by Gasteiger charge is 2.16. The lowest BCUT2D eigenvalue weighted by Gasteiger charge is -2.15. The van der Waals surface area contributed by atoms with Crippen molar-refractivity contribution in [3.63, 3.8) is 0 Å². The number of hydrogen-bond acceptors (Lipinski definition) is 3. The van der Waals surface area contributed by atoms with Crippen LogP contribution >= 0.6 is 11.6 Å². The molecular formula is C16H15ClFNO3S.